The zero-order chi connectivity index (χ0) is 21.0. The molecular weight excluding hydrogens is 400 g/mol. The Balaban J connectivity index is 1.68. The third kappa shape index (κ3) is 2.73. The van der Waals surface area contributed by atoms with Gasteiger partial charge >= 0.3 is 0 Å². The first-order valence-corrected chi connectivity index (χ1v) is 10.1. The average Bonchev–Trinajstić information content (AvgIpc) is 3.33. The number of nitrogens with zero attached hydrogens (tertiary/aromatic N) is 4. The van der Waals surface area contributed by atoms with E-state index in [1.165, 1.54) is 17.4 Å². The highest BCUT2D eigenvalue weighted by Crippen LogP contribution is 2.24. The van der Waals surface area contributed by atoms with Gasteiger partial charge in [0.25, 0.3) is 11.2 Å². The van der Waals surface area contributed by atoms with Crippen molar-refractivity contribution < 1.29 is 4.92 Å². The molecule has 0 aliphatic carbocycles. The first-order valence-electron chi connectivity index (χ1n) is 9.29. The number of para-hydroxylation sites is 2. The van der Waals surface area contributed by atoms with Crippen LogP contribution in [0.25, 0.3) is 27.8 Å². The summed E-state index contributed by atoms with van der Waals surface area (Å²) in [5, 5.41) is 11.1. The second-order valence-electron chi connectivity index (χ2n) is 7.07. The number of imidazole rings is 1. The molecule has 2 aromatic carbocycles. The summed E-state index contributed by atoms with van der Waals surface area (Å²) in [6, 6.07) is 16.1. The molecule has 0 saturated heterocycles. The third-order valence-corrected chi connectivity index (χ3v) is 6.17. The Morgan fingerprint density at radius 2 is 1.90 bits per heavy atom. The number of aromatic nitrogens is 3. The largest absolute Gasteiger partial charge is 0.318 e. The Labute approximate surface area is 174 Å². The molecule has 0 N–H and O–H groups in total. The molecule has 8 heteroatoms. The van der Waals surface area contributed by atoms with Crippen molar-refractivity contribution in [1.29, 1.82) is 0 Å². The molecule has 0 spiro atoms. The molecule has 0 radical (unpaired) electrons. The van der Waals surface area contributed by atoms with Crippen LogP contribution in [0.15, 0.2) is 59.4 Å². The van der Waals surface area contributed by atoms with Gasteiger partial charge in [0.1, 0.15) is 0 Å². The lowest BCUT2D eigenvalue weighted by molar-refractivity contribution is -0.384. The van der Waals surface area contributed by atoms with Crippen LogP contribution in [0.5, 0.6) is 0 Å². The van der Waals surface area contributed by atoms with Crippen molar-refractivity contribution in [2.75, 3.05) is 0 Å². The van der Waals surface area contributed by atoms with Gasteiger partial charge in [-0.2, -0.15) is 0 Å². The molecule has 5 aromatic rings. The molecule has 3 heterocycles. The number of rotatable bonds is 3. The molecule has 0 bridgehead atoms. The molecule has 0 fully saturated rings. The predicted molar refractivity (Wildman–Crippen MR) is 118 cm³/mol. The quantitative estimate of drug-likeness (QED) is 0.331. The molecule has 30 heavy (non-hydrogen) atoms. The summed E-state index contributed by atoms with van der Waals surface area (Å²) in [4.78, 5) is 29.0. The molecule has 0 amide bonds. The summed E-state index contributed by atoms with van der Waals surface area (Å²) in [5.41, 5.74) is 4.99. The van der Waals surface area contributed by atoms with Crippen LogP contribution >= 0.6 is 11.3 Å². The lowest BCUT2D eigenvalue weighted by atomic mass is 10.2. The van der Waals surface area contributed by atoms with Gasteiger partial charge in [0.2, 0.25) is 0 Å². The predicted octanol–water partition coefficient (Wildman–Crippen LogP) is 3.77. The molecule has 148 valence electrons. The highest BCUT2D eigenvalue weighted by molar-refractivity contribution is 7.15. The number of nitro benzene ring substituents is 1. The minimum absolute atomic E-state index is 0.0405. The molecule has 5 rings (SSSR count). The number of nitro groups is 1. The summed E-state index contributed by atoms with van der Waals surface area (Å²) >= 11 is 1.36. The van der Waals surface area contributed by atoms with Crippen LogP contribution in [0.1, 0.15) is 17.0 Å². The standard InChI is InChI=1S/C22H16N4O3S/c1-13-10-15(14(2)24(13)16-6-5-7-17(12-16)26(28)29)11-20-21(27)25-19-9-4-3-8-18(19)23-22(25)30-20/h3-12H,1-2H3/b20-11-. The highest BCUT2D eigenvalue weighted by Gasteiger charge is 2.14. The molecule has 0 aliphatic heterocycles. The van der Waals surface area contributed by atoms with Crippen LogP contribution in [0.4, 0.5) is 5.69 Å². The van der Waals surface area contributed by atoms with Gasteiger partial charge < -0.3 is 4.57 Å². The normalized spacial score (nSPS) is 12.3. The van der Waals surface area contributed by atoms with E-state index < -0.39 is 4.92 Å². The monoisotopic (exact) mass is 416 g/mol. The fourth-order valence-electron chi connectivity index (χ4n) is 3.83. The van der Waals surface area contributed by atoms with Crippen LogP contribution in [0.3, 0.4) is 0 Å². The molecule has 3 aromatic heterocycles. The van der Waals surface area contributed by atoms with Crippen molar-refractivity contribution in [3.05, 3.63) is 96.5 Å². The van der Waals surface area contributed by atoms with Gasteiger partial charge in [-0.1, -0.05) is 29.5 Å². The average molecular weight is 416 g/mol. The minimum Gasteiger partial charge on any atom is -0.318 e. The number of benzene rings is 2. The SMILES string of the molecule is Cc1cc(/C=c2\sc3nc4ccccc4n3c2=O)c(C)n1-c1cccc([N+](=O)[O-])c1. The molecule has 0 atom stereocenters. The van der Waals surface area contributed by atoms with E-state index in [1.807, 2.05) is 60.9 Å². The Bertz CT molecular complexity index is 1580. The second-order valence-corrected chi connectivity index (χ2v) is 8.08. The van der Waals surface area contributed by atoms with Crippen LogP contribution in [0.2, 0.25) is 0 Å². The van der Waals surface area contributed by atoms with Gasteiger partial charge in [-0.15, -0.1) is 0 Å². The Hall–Kier alpha value is -3.78. The maximum Gasteiger partial charge on any atom is 0.274 e. The zero-order valence-corrected chi connectivity index (χ0v) is 17.0. The van der Waals surface area contributed by atoms with E-state index in [2.05, 4.69) is 4.98 Å². The van der Waals surface area contributed by atoms with E-state index in [9.17, 15) is 14.9 Å². The number of fused-ring (bicyclic) bond motifs is 3. The molecule has 7 nitrogen and oxygen atoms in total. The minimum atomic E-state index is -0.403. The van der Waals surface area contributed by atoms with Crippen molar-refractivity contribution in [1.82, 2.24) is 14.0 Å². The van der Waals surface area contributed by atoms with Crippen molar-refractivity contribution in [3.8, 4) is 5.69 Å². The van der Waals surface area contributed by atoms with Crippen LogP contribution in [-0.2, 0) is 0 Å². The van der Waals surface area contributed by atoms with E-state index >= 15 is 0 Å². The number of hydrogen-bond acceptors (Lipinski definition) is 5. The van der Waals surface area contributed by atoms with E-state index in [-0.39, 0.29) is 11.2 Å². The van der Waals surface area contributed by atoms with E-state index in [1.54, 1.807) is 16.5 Å². The number of hydrogen-bond donors (Lipinski definition) is 0. The van der Waals surface area contributed by atoms with Gasteiger partial charge in [-0.3, -0.25) is 14.9 Å². The maximum absolute atomic E-state index is 13.0. The van der Waals surface area contributed by atoms with Crippen LogP contribution in [-0.4, -0.2) is 18.9 Å². The Kier molecular flexibility index (Phi) is 4.04. The second kappa shape index (κ2) is 6.64. The maximum atomic E-state index is 13.0. The first-order chi connectivity index (χ1) is 14.4. The van der Waals surface area contributed by atoms with E-state index in [4.69, 9.17) is 0 Å². The van der Waals surface area contributed by atoms with Gasteiger partial charge in [0, 0.05) is 23.5 Å². The topological polar surface area (TPSA) is 82.4 Å². The van der Waals surface area contributed by atoms with E-state index in [0.717, 1.165) is 28.0 Å². The fraction of sp³-hybridized carbons (Fsp3) is 0.0909. The molecule has 0 unspecified atom stereocenters. The lowest BCUT2D eigenvalue weighted by Gasteiger charge is -2.09. The summed E-state index contributed by atoms with van der Waals surface area (Å²) in [6.45, 7) is 3.88. The first kappa shape index (κ1) is 18.3. The lowest BCUT2D eigenvalue weighted by Crippen LogP contribution is -2.22. The number of thiazole rings is 1. The number of aryl methyl sites for hydroxylation is 1. The Morgan fingerprint density at radius 3 is 2.70 bits per heavy atom. The summed E-state index contributed by atoms with van der Waals surface area (Å²) in [7, 11) is 0. The smallest absolute Gasteiger partial charge is 0.274 e. The summed E-state index contributed by atoms with van der Waals surface area (Å²) in [6.07, 6.45) is 1.87. The van der Waals surface area contributed by atoms with Gasteiger partial charge in [-0.25, -0.2) is 9.38 Å². The van der Waals surface area contributed by atoms with Crippen molar-refractivity contribution >= 4 is 39.1 Å². The van der Waals surface area contributed by atoms with Crippen molar-refractivity contribution in [3.63, 3.8) is 0 Å². The molecular formula is C22H16N4O3S. The van der Waals surface area contributed by atoms with E-state index in [0.29, 0.717) is 15.2 Å². The summed E-state index contributed by atoms with van der Waals surface area (Å²) < 4.78 is 4.20. The van der Waals surface area contributed by atoms with Crippen LogP contribution < -0.4 is 10.1 Å². The van der Waals surface area contributed by atoms with Crippen molar-refractivity contribution in [2.24, 2.45) is 0 Å². The van der Waals surface area contributed by atoms with Gasteiger partial charge in [0.05, 0.1) is 26.2 Å². The summed E-state index contributed by atoms with van der Waals surface area (Å²) in [5.74, 6) is 0. The zero-order valence-electron chi connectivity index (χ0n) is 16.2. The number of non-ortho nitro benzene ring substituents is 1. The fourth-order valence-corrected chi connectivity index (χ4v) is 4.81. The van der Waals surface area contributed by atoms with Crippen LogP contribution in [0, 0.1) is 24.0 Å². The highest BCUT2D eigenvalue weighted by atomic mass is 32.1. The molecule has 0 aliphatic rings. The third-order valence-electron chi connectivity index (χ3n) is 5.20. The Morgan fingerprint density at radius 1 is 1.10 bits per heavy atom. The van der Waals surface area contributed by atoms with Crippen molar-refractivity contribution in [2.45, 2.75) is 13.8 Å². The van der Waals surface area contributed by atoms with Gasteiger partial charge in [-0.05, 0) is 49.8 Å². The van der Waals surface area contributed by atoms with Gasteiger partial charge in [0.15, 0.2) is 4.96 Å². The molecule has 0 saturated carbocycles.